The lowest BCUT2D eigenvalue weighted by atomic mass is 9.73. The number of likely N-dealkylation sites (tertiary alicyclic amines) is 1. The Kier molecular flexibility index (Phi) is 4.54. The number of aromatic nitrogens is 1. The molecule has 4 heterocycles. The van der Waals surface area contributed by atoms with Crippen LogP contribution in [0.3, 0.4) is 0 Å². The molecule has 0 bridgehead atoms. The summed E-state index contributed by atoms with van der Waals surface area (Å²) in [6.45, 7) is 5.33. The van der Waals surface area contributed by atoms with Gasteiger partial charge in [-0.2, -0.15) is 0 Å². The highest BCUT2D eigenvalue weighted by Crippen LogP contribution is 2.42. The van der Waals surface area contributed by atoms with Crippen LogP contribution in [0.1, 0.15) is 12.8 Å². The molecular formula is C22H26ClN5O. The molecule has 3 aliphatic heterocycles. The van der Waals surface area contributed by atoms with Crippen molar-refractivity contribution in [2.75, 3.05) is 61.0 Å². The van der Waals surface area contributed by atoms with E-state index >= 15 is 0 Å². The molecule has 5 rings (SSSR count). The van der Waals surface area contributed by atoms with Gasteiger partial charge in [0, 0.05) is 63.0 Å². The molecule has 0 N–H and O–H groups in total. The Hall–Kier alpha value is -2.47. The SMILES string of the molecule is CN1CCCCN(C(=O)N2CC3(C2)CN(c2ccccn2)C3)c2ccc(Cl)cc21. The number of rotatable bonds is 1. The van der Waals surface area contributed by atoms with E-state index in [4.69, 9.17) is 11.6 Å². The van der Waals surface area contributed by atoms with Crippen LogP contribution in [0, 0.1) is 5.41 Å². The smallest absolute Gasteiger partial charge is 0.324 e. The molecule has 2 aromatic rings. The normalized spacial score (nSPS) is 20.5. The van der Waals surface area contributed by atoms with Crippen LogP contribution in [0.15, 0.2) is 42.6 Å². The van der Waals surface area contributed by atoms with Crippen molar-refractivity contribution in [2.45, 2.75) is 12.8 Å². The highest BCUT2D eigenvalue weighted by Gasteiger charge is 2.54. The van der Waals surface area contributed by atoms with Gasteiger partial charge in [0.25, 0.3) is 0 Å². The highest BCUT2D eigenvalue weighted by atomic mass is 35.5. The average molecular weight is 412 g/mol. The zero-order valence-electron chi connectivity index (χ0n) is 16.7. The fourth-order valence-electron chi connectivity index (χ4n) is 4.82. The molecule has 1 aromatic heterocycles. The van der Waals surface area contributed by atoms with Crippen LogP contribution in [0.5, 0.6) is 0 Å². The summed E-state index contributed by atoms with van der Waals surface area (Å²) in [7, 11) is 2.07. The number of halogens is 1. The first kappa shape index (κ1) is 18.6. The van der Waals surface area contributed by atoms with Crippen LogP contribution in [-0.2, 0) is 0 Å². The van der Waals surface area contributed by atoms with E-state index < -0.39 is 0 Å². The molecule has 0 unspecified atom stereocenters. The molecule has 0 radical (unpaired) electrons. The number of carbonyl (C=O) groups is 1. The molecule has 0 atom stereocenters. The Balaban J connectivity index is 1.28. The Morgan fingerprint density at radius 1 is 1.03 bits per heavy atom. The fraction of sp³-hybridized carbons (Fsp3) is 0.455. The first-order valence-corrected chi connectivity index (χ1v) is 10.7. The van der Waals surface area contributed by atoms with E-state index in [0.717, 1.165) is 69.3 Å². The zero-order chi connectivity index (χ0) is 20.0. The maximum atomic E-state index is 13.4. The van der Waals surface area contributed by atoms with Gasteiger partial charge >= 0.3 is 6.03 Å². The number of benzene rings is 1. The molecule has 2 fully saturated rings. The summed E-state index contributed by atoms with van der Waals surface area (Å²) in [5, 5.41) is 0.704. The number of pyridine rings is 1. The molecule has 2 amide bonds. The fourth-order valence-corrected chi connectivity index (χ4v) is 4.99. The number of urea groups is 1. The summed E-state index contributed by atoms with van der Waals surface area (Å²) in [6.07, 6.45) is 3.90. The second-order valence-electron chi connectivity index (χ2n) is 8.60. The second kappa shape index (κ2) is 7.10. The van der Waals surface area contributed by atoms with Gasteiger partial charge in [-0.3, -0.25) is 4.90 Å². The van der Waals surface area contributed by atoms with Gasteiger partial charge in [-0.25, -0.2) is 9.78 Å². The number of fused-ring (bicyclic) bond motifs is 1. The third kappa shape index (κ3) is 3.29. The van der Waals surface area contributed by atoms with E-state index in [0.29, 0.717) is 5.02 Å². The van der Waals surface area contributed by atoms with Gasteiger partial charge in [-0.1, -0.05) is 17.7 Å². The predicted molar refractivity (Wildman–Crippen MR) is 117 cm³/mol. The number of nitrogens with zero attached hydrogens (tertiary/aromatic N) is 5. The number of amides is 2. The lowest BCUT2D eigenvalue weighted by Gasteiger charge is -2.60. The number of carbonyl (C=O) groups excluding carboxylic acids is 1. The van der Waals surface area contributed by atoms with Gasteiger partial charge in [-0.15, -0.1) is 0 Å². The number of anilines is 3. The highest BCUT2D eigenvalue weighted by molar-refractivity contribution is 6.31. The molecule has 1 spiro atoms. The second-order valence-corrected chi connectivity index (χ2v) is 9.03. The van der Waals surface area contributed by atoms with Crippen LogP contribution in [0.2, 0.25) is 5.02 Å². The van der Waals surface area contributed by atoms with Gasteiger partial charge in [0.1, 0.15) is 5.82 Å². The molecule has 1 aromatic carbocycles. The van der Waals surface area contributed by atoms with Crippen molar-refractivity contribution in [3.63, 3.8) is 0 Å². The summed E-state index contributed by atoms with van der Waals surface area (Å²) >= 11 is 6.24. The average Bonchev–Trinajstić information content (AvgIpc) is 2.65. The molecular weight excluding hydrogens is 386 g/mol. The Bertz CT molecular complexity index is 907. The molecule has 2 saturated heterocycles. The Morgan fingerprint density at radius 3 is 2.59 bits per heavy atom. The van der Waals surface area contributed by atoms with Gasteiger partial charge in [0.05, 0.1) is 11.4 Å². The van der Waals surface area contributed by atoms with Gasteiger partial charge in [-0.05, 0) is 43.2 Å². The monoisotopic (exact) mass is 411 g/mol. The van der Waals surface area contributed by atoms with Crippen molar-refractivity contribution < 1.29 is 4.79 Å². The minimum absolute atomic E-state index is 0.116. The molecule has 7 heteroatoms. The molecule has 152 valence electrons. The molecule has 3 aliphatic rings. The Labute approximate surface area is 176 Å². The van der Waals surface area contributed by atoms with Crippen LogP contribution in [0.4, 0.5) is 22.0 Å². The van der Waals surface area contributed by atoms with Crippen LogP contribution in [-0.4, -0.2) is 62.2 Å². The van der Waals surface area contributed by atoms with Crippen molar-refractivity contribution in [1.82, 2.24) is 9.88 Å². The lowest BCUT2D eigenvalue weighted by Crippen LogP contribution is -2.74. The molecule has 0 saturated carbocycles. The zero-order valence-corrected chi connectivity index (χ0v) is 17.5. The van der Waals surface area contributed by atoms with E-state index in [9.17, 15) is 4.79 Å². The van der Waals surface area contributed by atoms with Crippen LogP contribution < -0.4 is 14.7 Å². The first-order chi connectivity index (χ1) is 14.0. The summed E-state index contributed by atoms with van der Waals surface area (Å²) in [5.74, 6) is 1.03. The van der Waals surface area contributed by atoms with E-state index in [2.05, 4.69) is 21.8 Å². The van der Waals surface area contributed by atoms with Crippen molar-refractivity contribution in [3.05, 3.63) is 47.6 Å². The number of hydrogen-bond acceptors (Lipinski definition) is 4. The van der Waals surface area contributed by atoms with Crippen LogP contribution in [0.25, 0.3) is 0 Å². The van der Waals surface area contributed by atoms with Crippen molar-refractivity contribution in [1.29, 1.82) is 0 Å². The van der Waals surface area contributed by atoms with Gasteiger partial charge in [0.15, 0.2) is 0 Å². The maximum Gasteiger partial charge on any atom is 0.324 e. The third-order valence-corrected chi connectivity index (χ3v) is 6.58. The summed E-state index contributed by atoms with van der Waals surface area (Å²) in [5.41, 5.74) is 2.23. The molecule has 0 aliphatic carbocycles. The third-order valence-electron chi connectivity index (χ3n) is 6.34. The topological polar surface area (TPSA) is 42.9 Å². The summed E-state index contributed by atoms with van der Waals surface area (Å²) in [4.78, 5) is 26.2. The van der Waals surface area contributed by atoms with Crippen molar-refractivity contribution in [2.24, 2.45) is 5.41 Å². The number of hydrogen-bond donors (Lipinski definition) is 0. The Morgan fingerprint density at radius 2 is 1.83 bits per heavy atom. The maximum absolute atomic E-state index is 13.4. The minimum Gasteiger partial charge on any atom is -0.373 e. The summed E-state index contributed by atoms with van der Waals surface area (Å²) < 4.78 is 0. The molecule has 6 nitrogen and oxygen atoms in total. The molecule has 29 heavy (non-hydrogen) atoms. The minimum atomic E-state index is 0.116. The van der Waals surface area contributed by atoms with Crippen molar-refractivity contribution in [3.8, 4) is 0 Å². The predicted octanol–water partition coefficient (Wildman–Crippen LogP) is 3.71. The standard InChI is InChI=1S/C22H26ClN5O/c1-25-10-4-5-11-28(18-8-7-17(23)12-19(18)25)21(29)27-15-22(16-27)13-26(14-22)20-6-2-3-9-24-20/h2-3,6-9,12H,4-5,10-11,13-16H2,1H3. The first-order valence-electron chi connectivity index (χ1n) is 10.3. The lowest BCUT2D eigenvalue weighted by molar-refractivity contribution is 0.00964. The van der Waals surface area contributed by atoms with E-state index in [1.165, 1.54) is 0 Å². The largest absolute Gasteiger partial charge is 0.373 e. The quantitative estimate of drug-likeness (QED) is 0.717. The van der Waals surface area contributed by atoms with E-state index in [-0.39, 0.29) is 11.4 Å². The van der Waals surface area contributed by atoms with Crippen molar-refractivity contribution >= 4 is 34.8 Å². The van der Waals surface area contributed by atoms with Gasteiger partial charge < -0.3 is 14.7 Å². The van der Waals surface area contributed by atoms with E-state index in [1.54, 1.807) is 0 Å². The van der Waals surface area contributed by atoms with Crippen LogP contribution >= 0.6 is 11.6 Å². The van der Waals surface area contributed by atoms with Gasteiger partial charge in [0.2, 0.25) is 0 Å². The summed E-state index contributed by atoms with van der Waals surface area (Å²) in [6, 6.07) is 12.0. The van der Waals surface area contributed by atoms with E-state index in [1.807, 2.05) is 52.4 Å².